The van der Waals surface area contributed by atoms with Crippen molar-refractivity contribution >= 4 is 9.84 Å². The van der Waals surface area contributed by atoms with Gasteiger partial charge in [-0.25, -0.2) is 8.42 Å². The molecule has 2 rings (SSSR count). The molecule has 1 aromatic rings. The van der Waals surface area contributed by atoms with Gasteiger partial charge in [0.25, 0.3) is 0 Å². The first-order valence-corrected chi connectivity index (χ1v) is 7.49. The van der Waals surface area contributed by atoms with Crippen LogP contribution < -0.4 is 0 Å². The predicted molar refractivity (Wildman–Crippen MR) is 63.4 cm³/mol. The van der Waals surface area contributed by atoms with Crippen LogP contribution in [0.5, 0.6) is 0 Å². The third kappa shape index (κ3) is 2.43. The van der Waals surface area contributed by atoms with E-state index < -0.39 is 9.84 Å². The molecule has 0 radical (unpaired) electrons. The first-order valence-electron chi connectivity index (χ1n) is 5.60. The van der Waals surface area contributed by atoms with Crippen molar-refractivity contribution in [3.8, 4) is 0 Å². The Kier molecular flexibility index (Phi) is 2.78. The molecule has 0 saturated heterocycles. The molecule has 88 valence electrons. The number of rotatable bonds is 3. The summed E-state index contributed by atoms with van der Waals surface area (Å²) in [5, 5.41) is 0. The molecule has 0 spiro atoms. The Bertz CT molecular complexity index is 482. The Morgan fingerprint density at radius 3 is 2.38 bits per heavy atom. The fourth-order valence-corrected chi connectivity index (χ4v) is 2.31. The largest absolute Gasteiger partial charge is 0.257 e. The molecule has 1 aliphatic carbocycles. The standard InChI is InChI=1S/C12H17NO2S/c1-8(2)11-6-10(16(3,14)15)7-12(13-11)9-4-5-9/h6-9H,4-5H2,1-3H3. The first-order chi connectivity index (χ1) is 7.38. The summed E-state index contributed by atoms with van der Waals surface area (Å²) in [6.45, 7) is 4.07. The zero-order valence-corrected chi connectivity index (χ0v) is 10.7. The van der Waals surface area contributed by atoms with Gasteiger partial charge >= 0.3 is 0 Å². The molecule has 4 heteroatoms. The molecule has 1 heterocycles. The third-order valence-electron chi connectivity index (χ3n) is 2.85. The molecular formula is C12H17NO2S. The molecule has 3 nitrogen and oxygen atoms in total. The van der Waals surface area contributed by atoms with Crippen LogP contribution in [0.3, 0.4) is 0 Å². The van der Waals surface area contributed by atoms with E-state index in [0.29, 0.717) is 10.8 Å². The van der Waals surface area contributed by atoms with Crippen molar-refractivity contribution in [2.75, 3.05) is 6.26 Å². The highest BCUT2D eigenvalue weighted by atomic mass is 32.2. The number of hydrogen-bond acceptors (Lipinski definition) is 3. The molecule has 0 aromatic carbocycles. The molecule has 1 saturated carbocycles. The molecule has 1 aliphatic rings. The summed E-state index contributed by atoms with van der Waals surface area (Å²) in [7, 11) is -3.13. The topological polar surface area (TPSA) is 47.0 Å². The summed E-state index contributed by atoms with van der Waals surface area (Å²) in [6, 6.07) is 3.44. The van der Waals surface area contributed by atoms with Crippen LogP contribution in [-0.4, -0.2) is 19.7 Å². The Morgan fingerprint density at radius 2 is 1.94 bits per heavy atom. The first kappa shape index (κ1) is 11.6. The SMILES string of the molecule is CC(C)c1cc(S(C)(=O)=O)cc(C2CC2)n1. The number of hydrogen-bond donors (Lipinski definition) is 0. The highest BCUT2D eigenvalue weighted by Crippen LogP contribution is 2.40. The molecule has 0 aliphatic heterocycles. The van der Waals surface area contributed by atoms with Crippen molar-refractivity contribution in [3.05, 3.63) is 23.5 Å². The zero-order chi connectivity index (χ0) is 11.9. The lowest BCUT2D eigenvalue weighted by molar-refractivity contribution is 0.601. The minimum atomic E-state index is -3.13. The van der Waals surface area contributed by atoms with Crippen molar-refractivity contribution < 1.29 is 8.42 Å². The van der Waals surface area contributed by atoms with Crippen LogP contribution in [-0.2, 0) is 9.84 Å². The van der Waals surface area contributed by atoms with E-state index in [0.717, 1.165) is 24.2 Å². The van der Waals surface area contributed by atoms with Gasteiger partial charge in [0, 0.05) is 23.6 Å². The van der Waals surface area contributed by atoms with Gasteiger partial charge in [-0.2, -0.15) is 0 Å². The van der Waals surface area contributed by atoms with Gasteiger partial charge in [0.2, 0.25) is 0 Å². The second kappa shape index (κ2) is 3.84. The molecule has 0 atom stereocenters. The number of pyridine rings is 1. The number of aromatic nitrogens is 1. The summed E-state index contributed by atoms with van der Waals surface area (Å²) in [6.07, 6.45) is 3.53. The van der Waals surface area contributed by atoms with Crippen LogP contribution in [0, 0.1) is 0 Å². The molecular weight excluding hydrogens is 222 g/mol. The summed E-state index contributed by atoms with van der Waals surface area (Å²) >= 11 is 0. The molecule has 0 bridgehead atoms. The van der Waals surface area contributed by atoms with Gasteiger partial charge in [0.1, 0.15) is 0 Å². The van der Waals surface area contributed by atoms with Crippen LogP contribution in [0.2, 0.25) is 0 Å². The highest BCUT2D eigenvalue weighted by Gasteiger charge is 2.27. The van der Waals surface area contributed by atoms with Crippen molar-refractivity contribution in [1.82, 2.24) is 4.98 Å². The van der Waals surface area contributed by atoms with Crippen molar-refractivity contribution in [2.45, 2.75) is 43.4 Å². The van der Waals surface area contributed by atoms with Crippen molar-refractivity contribution in [1.29, 1.82) is 0 Å². The lowest BCUT2D eigenvalue weighted by atomic mass is 10.1. The van der Waals surface area contributed by atoms with Crippen LogP contribution >= 0.6 is 0 Å². The molecule has 16 heavy (non-hydrogen) atoms. The average molecular weight is 239 g/mol. The van der Waals surface area contributed by atoms with E-state index in [4.69, 9.17) is 0 Å². The summed E-state index contributed by atoms with van der Waals surface area (Å²) in [5.41, 5.74) is 1.83. The van der Waals surface area contributed by atoms with E-state index in [1.165, 1.54) is 6.26 Å². The van der Waals surface area contributed by atoms with Gasteiger partial charge in [-0.05, 0) is 30.9 Å². The second-order valence-electron chi connectivity index (χ2n) is 4.85. The van der Waals surface area contributed by atoms with Crippen molar-refractivity contribution in [3.63, 3.8) is 0 Å². The maximum Gasteiger partial charge on any atom is 0.175 e. The lowest BCUT2D eigenvalue weighted by Crippen LogP contribution is -2.04. The van der Waals surface area contributed by atoms with E-state index >= 15 is 0 Å². The fourth-order valence-electron chi connectivity index (χ4n) is 1.64. The van der Waals surface area contributed by atoms with E-state index in [1.807, 2.05) is 13.8 Å². The van der Waals surface area contributed by atoms with E-state index in [-0.39, 0.29) is 5.92 Å². The van der Waals surface area contributed by atoms with Crippen LogP contribution in [0.15, 0.2) is 17.0 Å². The smallest absolute Gasteiger partial charge is 0.175 e. The van der Waals surface area contributed by atoms with E-state index in [9.17, 15) is 8.42 Å². The number of nitrogens with zero attached hydrogens (tertiary/aromatic N) is 1. The van der Waals surface area contributed by atoms with Crippen LogP contribution in [0.25, 0.3) is 0 Å². The molecule has 1 aromatic heterocycles. The lowest BCUT2D eigenvalue weighted by Gasteiger charge is -2.09. The zero-order valence-electron chi connectivity index (χ0n) is 9.90. The van der Waals surface area contributed by atoms with Gasteiger partial charge in [0.05, 0.1) is 4.90 Å². The molecule has 0 unspecified atom stereocenters. The average Bonchev–Trinajstić information content (AvgIpc) is 2.98. The van der Waals surface area contributed by atoms with Gasteiger partial charge in [-0.3, -0.25) is 4.98 Å². The van der Waals surface area contributed by atoms with Crippen molar-refractivity contribution in [2.24, 2.45) is 0 Å². The molecule has 0 N–H and O–H groups in total. The summed E-state index contributed by atoms with van der Waals surface area (Å²) < 4.78 is 23.2. The molecule has 0 amide bonds. The molecule has 1 fully saturated rings. The minimum Gasteiger partial charge on any atom is -0.257 e. The minimum absolute atomic E-state index is 0.263. The number of sulfone groups is 1. The maximum absolute atomic E-state index is 11.6. The van der Waals surface area contributed by atoms with Crippen LogP contribution in [0.4, 0.5) is 0 Å². The van der Waals surface area contributed by atoms with Crippen LogP contribution in [0.1, 0.15) is 49.9 Å². The summed E-state index contributed by atoms with van der Waals surface area (Å²) in [5.74, 6) is 0.749. The monoisotopic (exact) mass is 239 g/mol. The second-order valence-corrected chi connectivity index (χ2v) is 6.87. The normalized spacial score (nSPS) is 16.8. The van der Waals surface area contributed by atoms with E-state index in [1.54, 1.807) is 12.1 Å². The Balaban J connectivity index is 2.53. The van der Waals surface area contributed by atoms with Gasteiger partial charge in [-0.1, -0.05) is 13.8 Å². The quantitative estimate of drug-likeness (QED) is 0.814. The van der Waals surface area contributed by atoms with E-state index in [2.05, 4.69) is 4.98 Å². The van der Waals surface area contributed by atoms with Gasteiger partial charge in [0.15, 0.2) is 9.84 Å². The maximum atomic E-state index is 11.6. The Labute approximate surface area is 96.8 Å². The Morgan fingerprint density at radius 1 is 1.31 bits per heavy atom. The Hall–Kier alpha value is -0.900. The van der Waals surface area contributed by atoms with Gasteiger partial charge < -0.3 is 0 Å². The third-order valence-corrected chi connectivity index (χ3v) is 3.95. The summed E-state index contributed by atoms with van der Waals surface area (Å²) in [4.78, 5) is 4.95. The fraction of sp³-hybridized carbons (Fsp3) is 0.583. The highest BCUT2D eigenvalue weighted by molar-refractivity contribution is 7.90. The predicted octanol–water partition coefficient (Wildman–Crippen LogP) is 2.49. The van der Waals surface area contributed by atoms with Gasteiger partial charge in [-0.15, -0.1) is 0 Å².